The predicted octanol–water partition coefficient (Wildman–Crippen LogP) is 2.27. The minimum absolute atomic E-state index is 0.352. The molecule has 0 unspecified atom stereocenters. The van der Waals surface area contributed by atoms with Gasteiger partial charge in [-0.2, -0.15) is 0 Å². The Balaban J connectivity index is 2.89. The Labute approximate surface area is 95.4 Å². The zero-order valence-corrected chi connectivity index (χ0v) is 9.80. The highest BCUT2D eigenvalue weighted by Crippen LogP contribution is 2.18. The van der Waals surface area contributed by atoms with Crippen molar-refractivity contribution in [3.05, 3.63) is 35.2 Å². The molecule has 0 fully saturated rings. The number of halogens is 1. The van der Waals surface area contributed by atoms with E-state index in [9.17, 15) is 0 Å². The quantitative estimate of drug-likeness (QED) is 0.774. The summed E-state index contributed by atoms with van der Waals surface area (Å²) in [4.78, 5) is 3.98. The van der Waals surface area contributed by atoms with Gasteiger partial charge in [-0.3, -0.25) is 0 Å². The van der Waals surface area contributed by atoms with Crippen LogP contribution in [0.3, 0.4) is 0 Å². The molecule has 82 valence electrons. The normalized spacial score (nSPS) is 18.6. The minimum Gasteiger partial charge on any atom is -0.383 e. The molecule has 1 heterocycles. The lowest BCUT2D eigenvalue weighted by atomic mass is 10.2. The third-order valence-electron chi connectivity index (χ3n) is 2.24. The second-order valence-electron chi connectivity index (χ2n) is 3.53. The molecule has 3 N–H and O–H groups in total. The Kier molecular flexibility index (Phi) is 3.97. The first-order valence-corrected chi connectivity index (χ1v) is 5.29. The Morgan fingerprint density at radius 3 is 2.93 bits per heavy atom. The number of hydrogen-bond acceptors (Lipinski definition) is 3. The first-order valence-electron chi connectivity index (χ1n) is 4.91. The molecule has 0 saturated carbocycles. The number of nitrogens with zero attached hydrogens (tertiary/aromatic N) is 1. The van der Waals surface area contributed by atoms with Crippen molar-refractivity contribution in [3.63, 3.8) is 0 Å². The second-order valence-corrected chi connectivity index (χ2v) is 3.94. The fourth-order valence-corrected chi connectivity index (χ4v) is 1.23. The number of rotatable bonds is 3. The number of allylic oxidation sites excluding steroid dienone is 1. The average molecular weight is 226 g/mol. The van der Waals surface area contributed by atoms with Crippen molar-refractivity contribution in [2.45, 2.75) is 26.3 Å². The molecular formula is C11H16ClN3. The first-order chi connectivity index (χ1) is 7.04. The molecule has 0 spiro atoms. The highest BCUT2D eigenvalue weighted by molar-refractivity contribution is 6.32. The number of nitrogens with one attached hydrogen (secondary N) is 1. The average Bonchev–Trinajstić information content (AvgIpc) is 2.33. The summed E-state index contributed by atoms with van der Waals surface area (Å²) in [6, 6.07) is 0.352. The van der Waals surface area contributed by atoms with Crippen LogP contribution in [0.1, 0.15) is 20.3 Å². The zero-order chi connectivity index (χ0) is 11.4. The van der Waals surface area contributed by atoms with E-state index in [-0.39, 0.29) is 0 Å². The maximum absolute atomic E-state index is 6.05. The van der Waals surface area contributed by atoms with Gasteiger partial charge >= 0.3 is 0 Å². The van der Waals surface area contributed by atoms with E-state index in [0.29, 0.717) is 22.5 Å². The van der Waals surface area contributed by atoms with Gasteiger partial charge in [0.1, 0.15) is 5.84 Å². The molecule has 0 saturated heterocycles. The summed E-state index contributed by atoms with van der Waals surface area (Å²) >= 11 is 6.05. The van der Waals surface area contributed by atoms with Crippen molar-refractivity contribution < 1.29 is 0 Å². The fourth-order valence-electron chi connectivity index (χ4n) is 1.07. The third kappa shape index (κ3) is 3.13. The summed E-state index contributed by atoms with van der Waals surface area (Å²) in [6.07, 6.45) is 4.37. The van der Waals surface area contributed by atoms with Crippen molar-refractivity contribution in [3.8, 4) is 0 Å². The number of amidine groups is 1. The van der Waals surface area contributed by atoms with Crippen LogP contribution in [0.15, 0.2) is 40.1 Å². The maximum atomic E-state index is 6.05. The van der Waals surface area contributed by atoms with Crippen LogP contribution in [-0.4, -0.2) is 11.9 Å². The van der Waals surface area contributed by atoms with E-state index in [1.807, 2.05) is 6.08 Å². The van der Waals surface area contributed by atoms with Crippen molar-refractivity contribution in [1.29, 1.82) is 0 Å². The monoisotopic (exact) mass is 225 g/mol. The van der Waals surface area contributed by atoms with Crippen LogP contribution in [0.25, 0.3) is 0 Å². The Morgan fingerprint density at radius 1 is 1.67 bits per heavy atom. The first kappa shape index (κ1) is 11.9. The van der Waals surface area contributed by atoms with Gasteiger partial charge in [0.2, 0.25) is 0 Å². The van der Waals surface area contributed by atoms with Crippen LogP contribution < -0.4 is 11.1 Å². The third-order valence-corrected chi connectivity index (χ3v) is 2.54. The topological polar surface area (TPSA) is 50.4 Å². The van der Waals surface area contributed by atoms with Crippen LogP contribution in [0, 0.1) is 0 Å². The Morgan fingerprint density at radius 2 is 2.33 bits per heavy atom. The Bertz CT molecular complexity index is 353. The molecule has 15 heavy (non-hydrogen) atoms. The lowest BCUT2D eigenvalue weighted by Crippen LogP contribution is -2.25. The van der Waals surface area contributed by atoms with Crippen molar-refractivity contribution in [2.24, 2.45) is 10.7 Å². The van der Waals surface area contributed by atoms with E-state index in [1.54, 1.807) is 0 Å². The largest absolute Gasteiger partial charge is 0.383 e. The van der Waals surface area contributed by atoms with E-state index in [2.05, 4.69) is 30.7 Å². The predicted molar refractivity (Wildman–Crippen MR) is 65.7 cm³/mol. The van der Waals surface area contributed by atoms with Crippen LogP contribution in [0.4, 0.5) is 0 Å². The standard InChI is InChI=1S/C11H16ClN3/c1-4-8(3)15-10-5-7(2)11(13)14-6-9(10)12/h5-6,8,15H,2,4H2,1,3H3,(H2,13,14)/t8-/m0/s1. The minimum atomic E-state index is 0.352. The van der Waals surface area contributed by atoms with Crippen molar-refractivity contribution >= 4 is 17.4 Å². The molecule has 0 radical (unpaired) electrons. The summed E-state index contributed by atoms with van der Waals surface area (Å²) < 4.78 is 0. The van der Waals surface area contributed by atoms with E-state index in [4.69, 9.17) is 17.3 Å². The zero-order valence-electron chi connectivity index (χ0n) is 9.05. The van der Waals surface area contributed by atoms with E-state index in [0.717, 1.165) is 12.1 Å². The highest BCUT2D eigenvalue weighted by atomic mass is 35.5. The van der Waals surface area contributed by atoms with Crippen LogP contribution in [0.5, 0.6) is 0 Å². The van der Waals surface area contributed by atoms with E-state index >= 15 is 0 Å². The number of aliphatic imine (C=N–C) groups is 1. The van der Waals surface area contributed by atoms with Gasteiger partial charge in [0.15, 0.2) is 0 Å². The molecular weight excluding hydrogens is 210 g/mol. The molecule has 0 aromatic carbocycles. The van der Waals surface area contributed by atoms with Crippen molar-refractivity contribution in [1.82, 2.24) is 5.32 Å². The van der Waals surface area contributed by atoms with Crippen LogP contribution in [0.2, 0.25) is 0 Å². The smallest absolute Gasteiger partial charge is 0.130 e. The molecule has 1 aliphatic heterocycles. The highest BCUT2D eigenvalue weighted by Gasteiger charge is 2.10. The lowest BCUT2D eigenvalue weighted by molar-refractivity contribution is 0.602. The summed E-state index contributed by atoms with van der Waals surface area (Å²) in [5, 5.41) is 3.83. The number of hydrogen-bond donors (Lipinski definition) is 2. The molecule has 0 aliphatic carbocycles. The van der Waals surface area contributed by atoms with Gasteiger partial charge in [-0.15, -0.1) is 0 Å². The molecule has 0 aromatic rings. The molecule has 1 atom stereocenters. The molecule has 3 nitrogen and oxygen atoms in total. The maximum Gasteiger partial charge on any atom is 0.130 e. The van der Waals surface area contributed by atoms with Gasteiger partial charge in [-0.25, -0.2) is 4.99 Å². The molecule has 1 rings (SSSR count). The van der Waals surface area contributed by atoms with Gasteiger partial charge in [0.25, 0.3) is 0 Å². The van der Waals surface area contributed by atoms with Gasteiger partial charge in [0.05, 0.1) is 16.9 Å². The fraction of sp³-hybridized carbons (Fsp3) is 0.364. The molecule has 1 aliphatic rings. The lowest BCUT2D eigenvalue weighted by Gasteiger charge is -2.15. The van der Waals surface area contributed by atoms with E-state index in [1.165, 1.54) is 6.20 Å². The summed E-state index contributed by atoms with van der Waals surface area (Å²) in [6.45, 7) is 8.00. The second kappa shape index (κ2) is 5.03. The molecule has 0 aromatic heterocycles. The summed E-state index contributed by atoms with van der Waals surface area (Å²) in [5.74, 6) is 0.397. The summed E-state index contributed by atoms with van der Waals surface area (Å²) in [7, 11) is 0. The molecule has 0 amide bonds. The molecule has 0 bridgehead atoms. The van der Waals surface area contributed by atoms with Crippen molar-refractivity contribution in [2.75, 3.05) is 0 Å². The van der Waals surface area contributed by atoms with Gasteiger partial charge in [0, 0.05) is 11.6 Å². The van der Waals surface area contributed by atoms with Crippen LogP contribution in [-0.2, 0) is 0 Å². The van der Waals surface area contributed by atoms with Gasteiger partial charge < -0.3 is 11.1 Å². The van der Waals surface area contributed by atoms with Gasteiger partial charge in [-0.05, 0) is 19.4 Å². The SMILES string of the molecule is C=C1C=C(N[C@@H](C)CC)C(Cl)=CN=C1N. The number of nitrogens with two attached hydrogens (primary N) is 1. The van der Waals surface area contributed by atoms with Gasteiger partial charge in [-0.1, -0.05) is 25.1 Å². The molecule has 4 heteroatoms. The Hall–Kier alpha value is -1.22. The van der Waals surface area contributed by atoms with Crippen LogP contribution >= 0.6 is 11.6 Å². The van der Waals surface area contributed by atoms with E-state index < -0.39 is 0 Å². The summed E-state index contributed by atoms with van der Waals surface area (Å²) in [5.41, 5.74) is 7.13.